The van der Waals surface area contributed by atoms with E-state index >= 15 is 0 Å². The van der Waals surface area contributed by atoms with Gasteiger partial charge in [0.15, 0.2) is 22.7 Å². The monoisotopic (exact) mass is 959 g/mol. The van der Waals surface area contributed by atoms with E-state index in [2.05, 4.69) is 20.4 Å². The van der Waals surface area contributed by atoms with Crippen LogP contribution >= 0.6 is 23.2 Å². The molecular formula is C43H47Cl2F8N9O3. The second-order valence-electron chi connectivity index (χ2n) is 16.5. The van der Waals surface area contributed by atoms with Gasteiger partial charge < -0.3 is 10.8 Å². The van der Waals surface area contributed by atoms with Crippen molar-refractivity contribution in [2.24, 2.45) is 0 Å². The molecule has 352 valence electrons. The van der Waals surface area contributed by atoms with E-state index in [9.17, 15) is 44.7 Å². The van der Waals surface area contributed by atoms with Crippen molar-refractivity contribution >= 4 is 40.6 Å². The summed E-state index contributed by atoms with van der Waals surface area (Å²) in [6.45, 7) is 16.1. The average molecular weight is 961 g/mol. The zero-order chi connectivity index (χ0) is 49.3. The predicted octanol–water partition coefficient (Wildman–Crippen LogP) is 11.3. The van der Waals surface area contributed by atoms with Crippen LogP contribution in [0.5, 0.6) is 0 Å². The molecule has 6 aromatic rings. The van der Waals surface area contributed by atoms with Crippen LogP contribution in [0, 0.1) is 25.5 Å². The highest BCUT2D eigenvalue weighted by molar-refractivity contribution is 6.32. The third-order valence-electron chi connectivity index (χ3n) is 10.2. The SMILES string of the molecule is CC(C)c1c(N)cnn1-c1ccc(F)cc1.Cc1c(Cl)c(C(F)(F)F)nn1C(C)(C)C(=O)Cc1cnn(-c2ccc(F)cc2)c1C(C)C.Cc1c(Cl)c(C(F)(F)F)nn1C(C)(C)C(=O)O. The normalized spacial score (nSPS) is 12.3. The summed E-state index contributed by atoms with van der Waals surface area (Å²) in [5.41, 5.74) is 4.86. The molecule has 22 heteroatoms. The number of hydrogen-bond donors (Lipinski definition) is 2. The Hall–Kier alpha value is -5.76. The molecule has 0 aliphatic carbocycles. The van der Waals surface area contributed by atoms with E-state index in [1.54, 1.807) is 46.0 Å². The number of aromatic nitrogens is 8. The number of rotatable bonds is 10. The van der Waals surface area contributed by atoms with Crippen molar-refractivity contribution in [3.63, 3.8) is 0 Å². The number of Topliss-reactive ketones (excluding diaryl/α,β-unsaturated/α-hetero) is 1. The highest BCUT2D eigenvalue weighted by Crippen LogP contribution is 2.39. The van der Waals surface area contributed by atoms with Gasteiger partial charge in [0, 0.05) is 12.0 Å². The van der Waals surface area contributed by atoms with Crippen molar-refractivity contribution in [2.45, 2.75) is 111 Å². The minimum atomic E-state index is -4.73. The maximum absolute atomic E-state index is 13.3. The molecule has 65 heavy (non-hydrogen) atoms. The lowest BCUT2D eigenvalue weighted by molar-refractivity contribution is -0.148. The molecule has 0 spiro atoms. The van der Waals surface area contributed by atoms with E-state index in [-0.39, 0.29) is 47.1 Å². The van der Waals surface area contributed by atoms with Gasteiger partial charge in [-0.25, -0.2) is 22.9 Å². The van der Waals surface area contributed by atoms with Gasteiger partial charge in [-0.2, -0.15) is 46.7 Å². The van der Waals surface area contributed by atoms with Gasteiger partial charge in [0.25, 0.3) is 0 Å². The van der Waals surface area contributed by atoms with Crippen LogP contribution in [0.2, 0.25) is 10.0 Å². The zero-order valence-corrected chi connectivity index (χ0v) is 38.3. The number of carbonyl (C=O) groups is 2. The van der Waals surface area contributed by atoms with Gasteiger partial charge in [0.1, 0.15) is 17.2 Å². The molecule has 0 atom stereocenters. The molecule has 0 aliphatic rings. The van der Waals surface area contributed by atoms with Gasteiger partial charge in [-0.05, 0) is 102 Å². The van der Waals surface area contributed by atoms with E-state index in [4.69, 9.17) is 34.0 Å². The number of halogens is 10. The first-order valence-electron chi connectivity index (χ1n) is 19.7. The molecule has 0 amide bonds. The van der Waals surface area contributed by atoms with Crippen molar-refractivity contribution in [3.05, 3.63) is 122 Å². The summed E-state index contributed by atoms with van der Waals surface area (Å²) < 4.78 is 109. The Balaban J connectivity index is 0.000000235. The average Bonchev–Trinajstić information content (AvgIpc) is 3.96. The van der Waals surface area contributed by atoms with Crippen LogP contribution in [0.4, 0.5) is 40.8 Å². The third-order valence-corrected chi connectivity index (χ3v) is 11.1. The molecule has 4 heterocycles. The maximum Gasteiger partial charge on any atom is 0.436 e. The van der Waals surface area contributed by atoms with E-state index in [1.165, 1.54) is 65.8 Å². The maximum atomic E-state index is 13.3. The van der Waals surface area contributed by atoms with Crippen molar-refractivity contribution < 1.29 is 49.8 Å². The van der Waals surface area contributed by atoms with Crippen LogP contribution in [-0.4, -0.2) is 56.0 Å². The van der Waals surface area contributed by atoms with E-state index < -0.39 is 50.8 Å². The Labute approximate surface area is 378 Å². The topological polar surface area (TPSA) is 152 Å². The van der Waals surface area contributed by atoms with Crippen molar-refractivity contribution in [3.8, 4) is 11.4 Å². The van der Waals surface area contributed by atoms with Crippen molar-refractivity contribution in [2.75, 3.05) is 5.73 Å². The van der Waals surface area contributed by atoms with E-state index in [0.29, 0.717) is 16.9 Å². The van der Waals surface area contributed by atoms with Gasteiger partial charge in [-0.3, -0.25) is 14.2 Å². The number of carboxylic acids is 1. The lowest BCUT2D eigenvalue weighted by atomic mass is 9.92. The number of carbonyl (C=O) groups excluding carboxylic acids is 1. The number of nitrogens with two attached hydrogens (primary N) is 1. The van der Waals surface area contributed by atoms with Gasteiger partial charge in [0.2, 0.25) is 0 Å². The molecule has 0 unspecified atom stereocenters. The highest BCUT2D eigenvalue weighted by Gasteiger charge is 2.43. The molecule has 0 aliphatic heterocycles. The first kappa shape index (κ1) is 51.9. The number of ketones is 1. The molecule has 0 saturated heterocycles. The Morgan fingerprint density at radius 3 is 1.38 bits per heavy atom. The lowest BCUT2D eigenvalue weighted by Gasteiger charge is -2.26. The Morgan fingerprint density at radius 1 is 0.662 bits per heavy atom. The van der Waals surface area contributed by atoms with E-state index in [1.807, 2.05) is 27.7 Å². The fraction of sp³-hybridized carbons (Fsp3) is 0.395. The molecule has 2 aromatic carbocycles. The number of nitrogens with zero attached hydrogens (tertiary/aromatic N) is 8. The largest absolute Gasteiger partial charge is 0.479 e. The number of anilines is 1. The molecule has 0 saturated carbocycles. The third kappa shape index (κ3) is 11.2. The lowest BCUT2D eigenvalue weighted by Crippen LogP contribution is -2.39. The van der Waals surface area contributed by atoms with Crippen LogP contribution in [0.1, 0.15) is 107 Å². The predicted molar refractivity (Wildman–Crippen MR) is 229 cm³/mol. The summed E-state index contributed by atoms with van der Waals surface area (Å²) in [5.74, 6) is -2.04. The van der Waals surface area contributed by atoms with Crippen LogP contribution in [0.15, 0.2) is 60.9 Å². The molecule has 0 radical (unpaired) electrons. The fourth-order valence-electron chi connectivity index (χ4n) is 6.68. The molecule has 4 aromatic heterocycles. The molecule has 0 fully saturated rings. The summed E-state index contributed by atoms with van der Waals surface area (Å²) in [6.07, 6.45) is -6.33. The number of carboxylic acid groups (broad SMARTS) is 1. The minimum Gasteiger partial charge on any atom is -0.479 e. The summed E-state index contributed by atoms with van der Waals surface area (Å²) in [6, 6.07) is 12.0. The number of hydrogen-bond acceptors (Lipinski definition) is 7. The first-order valence-corrected chi connectivity index (χ1v) is 20.4. The highest BCUT2D eigenvalue weighted by atomic mass is 35.5. The van der Waals surface area contributed by atoms with Crippen LogP contribution in [0.3, 0.4) is 0 Å². The Bertz CT molecular complexity index is 2640. The summed E-state index contributed by atoms with van der Waals surface area (Å²) >= 11 is 11.4. The first-order chi connectivity index (χ1) is 29.8. The van der Waals surface area contributed by atoms with Crippen molar-refractivity contribution in [1.82, 2.24) is 39.1 Å². The number of alkyl halides is 6. The smallest absolute Gasteiger partial charge is 0.436 e. The van der Waals surface area contributed by atoms with Gasteiger partial charge in [0.05, 0.1) is 62.3 Å². The van der Waals surface area contributed by atoms with Crippen molar-refractivity contribution in [1.29, 1.82) is 0 Å². The fourth-order valence-corrected chi connectivity index (χ4v) is 7.13. The number of nitrogen functional groups attached to an aromatic ring is 1. The van der Waals surface area contributed by atoms with Gasteiger partial charge in [-0.15, -0.1) is 0 Å². The Kier molecular flexibility index (Phi) is 15.5. The molecular weight excluding hydrogens is 913 g/mol. The second kappa shape index (κ2) is 19.4. The summed E-state index contributed by atoms with van der Waals surface area (Å²) in [7, 11) is 0. The molecule has 6 rings (SSSR count). The second-order valence-corrected chi connectivity index (χ2v) is 17.2. The molecule has 3 N–H and O–H groups in total. The quantitative estimate of drug-likeness (QED) is 0.129. The van der Waals surface area contributed by atoms with E-state index in [0.717, 1.165) is 26.4 Å². The summed E-state index contributed by atoms with van der Waals surface area (Å²) in [5, 5.41) is 23.3. The van der Waals surface area contributed by atoms with Crippen LogP contribution in [0.25, 0.3) is 11.4 Å². The van der Waals surface area contributed by atoms with Gasteiger partial charge in [-0.1, -0.05) is 50.9 Å². The van der Waals surface area contributed by atoms with Gasteiger partial charge >= 0.3 is 18.3 Å². The number of benzene rings is 2. The Morgan fingerprint density at radius 2 is 1.03 bits per heavy atom. The number of aliphatic carboxylic acids is 1. The zero-order valence-electron chi connectivity index (χ0n) is 36.8. The molecule has 0 bridgehead atoms. The molecule has 12 nitrogen and oxygen atoms in total. The standard InChI is InChI=1S/C22H23ClF4N4O.C12H14FN3.C9H10ClF3N2O2/c1-12(2)19-14(11-28-30(19)16-8-6-15(24)7-9-16)10-17(32)21(4,5)31-13(3)18(23)20(29-31)22(25,26)27;1-8(2)12-11(14)7-15-16(12)10-5-3-9(13)4-6-10;1-4-5(10)6(9(11,12)13)14-15(4)8(2,3)7(16)17/h6-9,11-12H,10H2,1-5H3;3-8H,14H2,1-2H3;1-3H3,(H,16,17). The minimum absolute atomic E-state index is 0.0221. The van der Waals surface area contributed by atoms with Crippen LogP contribution in [-0.2, 0) is 39.4 Å². The van der Waals surface area contributed by atoms with Crippen LogP contribution < -0.4 is 5.73 Å². The summed E-state index contributed by atoms with van der Waals surface area (Å²) in [4.78, 5) is 24.2.